The Morgan fingerprint density at radius 1 is 0.923 bits per heavy atom. The van der Waals surface area contributed by atoms with Crippen molar-refractivity contribution < 1.29 is 26.4 Å². The molecule has 2 heterocycles. The van der Waals surface area contributed by atoms with Gasteiger partial charge in [-0.15, -0.1) is 0 Å². The lowest BCUT2D eigenvalue weighted by Crippen LogP contribution is -2.53. The molecule has 2 saturated heterocycles. The van der Waals surface area contributed by atoms with E-state index in [1.54, 1.807) is 52.0 Å². The van der Waals surface area contributed by atoms with Crippen molar-refractivity contribution in [2.45, 2.75) is 73.5 Å². The van der Waals surface area contributed by atoms with Crippen LogP contribution in [-0.2, 0) is 24.6 Å². The summed E-state index contributed by atoms with van der Waals surface area (Å²) in [5, 5.41) is 2.83. The Bertz CT molecular complexity index is 1490. The quantitative estimate of drug-likeness (QED) is 0.513. The molecule has 1 amide bonds. The summed E-state index contributed by atoms with van der Waals surface area (Å²) < 4.78 is 59.3. The smallest absolute Gasteiger partial charge is 0.257 e. The third kappa shape index (κ3) is 5.59. The van der Waals surface area contributed by atoms with Crippen LogP contribution in [0.3, 0.4) is 0 Å². The molecule has 0 atom stereocenters. The summed E-state index contributed by atoms with van der Waals surface area (Å²) >= 11 is 0. The van der Waals surface area contributed by atoms with Crippen molar-refractivity contribution in [3.63, 3.8) is 0 Å². The Morgan fingerprint density at radius 2 is 1.59 bits per heavy atom. The zero-order valence-electron chi connectivity index (χ0n) is 22.9. The van der Waals surface area contributed by atoms with Gasteiger partial charge in [-0.25, -0.2) is 21.6 Å². The third-order valence-electron chi connectivity index (χ3n) is 7.95. The highest BCUT2D eigenvalue weighted by Gasteiger charge is 2.48. The zero-order chi connectivity index (χ0) is 28.3. The Kier molecular flexibility index (Phi) is 6.89. The van der Waals surface area contributed by atoms with Gasteiger partial charge in [0.2, 0.25) is 10.0 Å². The normalized spacial score (nSPS) is 20.4. The summed E-state index contributed by atoms with van der Waals surface area (Å²) in [4.78, 5) is 15.9. The van der Waals surface area contributed by atoms with Crippen molar-refractivity contribution in [1.82, 2.24) is 4.72 Å². The van der Waals surface area contributed by atoms with Crippen LogP contribution in [0.1, 0.15) is 63.7 Å². The molecule has 1 spiro atoms. The molecule has 2 aromatic carbocycles. The number of hydrogen-bond donors (Lipinski definition) is 2. The minimum Gasteiger partial charge on any atom is -0.378 e. The van der Waals surface area contributed by atoms with Crippen LogP contribution in [0.4, 0.5) is 11.4 Å². The van der Waals surface area contributed by atoms with E-state index in [1.165, 1.54) is 31.0 Å². The largest absolute Gasteiger partial charge is 0.378 e. The van der Waals surface area contributed by atoms with E-state index in [2.05, 4.69) is 14.9 Å². The van der Waals surface area contributed by atoms with Crippen LogP contribution >= 0.6 is 0 Å². The van der Waals surface area contributed by atoms with Crippen molar-refractivity contribution in [2.24, 2.45) is 5.41 Å². The van der Waals surface area contributed by atoms with Gasteiger partial charge in [0.1, 0.15) is 4.75 Å². The SMILES string of the molecule is CC(C)(C)NS(=O)(=O)c1cccc(NC(=O)c2ccc(S(=O)(=O)C3(C)COC3)cc2N2CCC3(CC2)CC3)c1. The standard InChI is InChI=1S/C28H37N3O6S2/c1-26(2,3)30-39(35,36)22-7-5-6-20(16-22)29-25(32)23-9-8-21(38(33,34)27(4)18-37-19-27)17-24(23)31-14-12-28(10-11-28)13-15-31/h5-9,16-17,30H,10-15,18-19H2,1-4H3,(H,29,32). The second-order valence-corrected chi connectivity index (χ2v) is 16.6. The zero-order valence-corrected chi connectivity index (χ0v) is 24.5. The topological polar surface area (TPSA) is 122 Å². The summed E-state index contributed by atoms with van der Waals surface area (Å²) in [6.45, 7) is 8.72. The summed E-state index contributed by atoms with van der Waals surface area (Å²) in [5.41, 5.74) is 0.995. The first-order chi connectivity index (χ1) is 18.1. The number of ether oxygens (including phenoxy) is 1. The number of piperidine rings is 1. The molecule has 0 aromatic heterocycles. The molecule has 3 aliphatic rings. The van der Waals surface area contributed by atoms with E-state index in [0.717, 1.165) is 25.9 Å². The first-order valence-corrected chi connectivity index (χ1v) is 16.3. The molecule has 2 N–H and O–H groups in total. The minimum absolute atomic E-state index is 0.0404. The maximum Gasteiger partial charge on any atom is 0.257 e. The van der Waals surface area contributed by atoms with E-state index in [4.69, 9.17) is 4.74 Å². The molecule has 9 nitrogen and oxygen atoms in total. The van der Waals surface area contributed by atoms with Crippen molar-refractivity contribution >= 4 is 37.1 Å². The Hall–Kier alpha value is -2.47. The average Bonchev–Trinajstić information content (AvgIpc) is 3.60. The van der Waals surface area contributed by atoms with E-state index in [-0.39, 0.29) is 23.0 Å². The highest BCUT2D eigenvalue weighted by atomic mass is 32.2. The van der Waals surface area contributed by atoms with Crippen molar-refractivity contribution in [2.75, 3.05) is 36.5 Å². The van der Waals surface area contributed by atoms with Crippen molar-refractivity contribution in [1.29, 1.82) is 0 Å². The number of nitrogens with one attached hydrogen (secondary N) is 2. The number of hydrogen-bond acceptors (Lipinski definition) is 7. The molecule has 2 aliphatic heterocycles. The van der Waals surface area contributed by atoms with E-state index >= 15 is 0 Å². The molecule has 11 heteroatoms. The van der Waals surface area contributed by atoms with Crippen LogP contribution in [0.2, 0.25) is 0 Å². The number of nitrogens with zero attached hydrogens (tertiary/aromatic N) is 1. The Balaban J connectivity index is 1.45. The lowest BCUT2D eigenvalue weighted by Gasteiger charge is -2.38. The maximum absolute atomic E-state index is 13.6. The van der Waals surface area contributed by atoms with Gasteiger partial charge < -0.3 is 15.0 Å². The summed E-state index contributed by atoms with van der Waals surface area (Å²) in [6.07, 6.45) is 4.48. The van der Waals surface area contributed by atoms with Gasteiger partial charge in [0.05, 0.1) is 34.3 Å². The van der Waals surface area contributed by atoms with Crippen LogP contribution in [0.15, 0.2) is 52.3 Å². The number of sulfonamides is 1. The van der Waals surface area contributed by atoms with E-state index < -0.39 is 36.1 Å². The number of carbonyl (C=O) groups excluding carboxylic acids is 1. The van der Waals surface area contributed by atoms with E-state index in [0.29, 0.717) is 22.4 Å². The molecule has 39 heavy (non-hydrogen) atoms. The molecule has 212 valence electrons. The lowest BCUT2D eigenvalue weighted by molar-refractivity contribution is -0.00490. The van der Waals surface area contributed by atoms with E-state index in [9.17, 15) is 21.6 Å². The van der Waals surface area contributed by atoms with Gasteiger partial charge in [-0.05, 0) is 95.2 Å². The van der Waals surface area contributed by atoms with Gasteiger partial charge in [0, 0.05) is 24.3 Å². The second-order valence-electron chi connectivity index (χ2n) is 12.4. The predicted octanol–water partition coefficient (Wildman–Crippen LogP) is 3.96. The monoisotopic (exact) mass is 575 g/mol. The van der Waals surface area contributed by atoms with E-state index in [1.807, 2.05) is 0 Å². The van der Waals surface area contributed by atoms with Crippen LogP contribution in [0, 0.1) is 5.41 Å². The molecule has 0 bridgehead atoms. The maximum atomic E-state index is 13.6. The summed E-state index contributed by atoms with van der Waals surface area (Å²) in [7, 11) is -7.46. The summed E-state index contributed by atoms with van der Waals surface area (Å²) in [6, 6.07) is 10.8. The number of anilines is 2. The number of benzene rings is 2. The Labute approximate surface area is 231 Å². The van der Waals surface area contributed by atoms with Crippen LogP contribution < -0.4 is 14.9 Å². The molecule has 5 rings (SSSR count). The number of sulfone groups is 1. The lowest BCUT2D eigenvalue weighted by atomic mass is 9.93. The fraction of sp³-hybridized carbons (Fsp3) is 0.536. The van der Waals surface area contributed by atoms with Gasteiger partial charge in [-0.1, -0.05) is 6.07 Å². The van der Waals surface area contributed by atoms with Gasteiger partial charge in [-0.2, -0.15) is 0 Å². The van der Waals surface area contributed by atoms with Gasteiger partial charge in [0.25, 0.3) is 5.91 Å². The second kappa shape index (κ2) is 9.57. The average molecular weight is 576 g/mol. The van der Waals surface area contributed by atoms with Crippen LogP contribution in [-0.4, -0.2) is 59.3 Å². The minimum atomic E-state index is -3.79. The molecule has 0 radical (unpaired) electrons. The highest BCUT2D eigenvalue weighted by Crippen LogP contribution is 2.54. The molecule has 0 unspecified atom stereocenters. The molecule has 1 aliphatic carbocycles. The van der Waals surface area contributed by atoms with Crippen LogP contribution in [0.5, 0.6) is 0 Å². The summed E-state index contributed by atoms with van der Waals surface area (Å²) in [5.74, 6) is -0.433. The fourth-order valence-corrected chi connectivity index (χ4v) is 8.29. The fourth-order valence-electron chi connectivity index (χ4n) is 5.26. The Morgan fingerprint density at radius 3 is 2.15 bits per heavy atom. The molecule has 2 aromatic rings. The predicted molar refractivity (Wildman–Crippen MR) is 150 cm³/mol. The van der Waals surface area contributed by atoms with Crippen LogP contribution in [0.25, 0.3) is 0 Å². The number of amides is 1. The molecule has 3 fully saturated rings. The van der Waals surface area contributed by atoms with Gasteiger partial charge in [0.15, 0.2) is 9.84 Å². The third-order valence-corrected chi connectivity index (χ3v) is 12.1. The van der Waals surface area contributed by atoms with Gasteiger partial charge in [-0.3, -0.25) is 4.79 Å². The first kappa shape index (κ1) is 28.1. The molecule has 1 saturated carbocycles. The number of carbonyl (C=O) groups is 1. The van der Waals surface area contributed by atoms with Crippen molar-refractivity contribution in [3.05, 3.63) is 48.0 Å². The first-order valence-electron chi connectivity index (χ1n) is 13.3. The molecular formula is C28H37N3O6S2. The number of rotatable bonds is 7. The molecular weight excluding hydrogens is 538 g/mol. The van der Waals surface area contributed by atoms with Gasteiger partial charge >= 0.3 is 0 Å². The van der Waals surface area contributed by atoms with Crippen molar-refractivity contribution in [3.8, 4) is 0 Å². The highest BCUT2D eigenvalue weighted by molar-refractivity contribution is 7.93.